The van der Waals surface area contributed by atoms with Crippen molar-refractivity contribution in [2.75, 3.05) is 13.2 Å². The molecule has 0 fully saturated rings. The van der Waals surface area contributed by atoms with Crippen molar-refractivity contribution < 1.29 is 9.84 Å². The van der Waals surface area contributed by atoms with Gasteiger partial charge in [0.05, 0.1) is 5.60 Å². The summed E-state index contributed by atoms with van der Waals surface area (Å²) in [6.07, 6.45) is 5.74. The van der Waals surface area contributed by atoms with E-state index in [1.165, 1.54) is 12.8 Å². The second-order valence-electron chi connectivity index (χ2n) is 3.63. The number of rotatable bonds is 8. The van der Waals surface area contributed by atoms with E-state index in [0.717, 1.165) is 13.0 Å². The summed E-state index contributed by atoms with van der Waals surface area (Å²) in [6.45, 7) is 8.89. The lowest BCUT2D eigenvalue weighted by molar-refractivity contribution is 0.0475. The van der Waals surface area contributed by atoms with E-state index in [-0.39, 0.29) is 0 Å². The Balaban J connectivity index is 3.20. The van der Waals surface area contributed by atoms with Crippen LogP contribution >= 0.6 is 0 Å². The van der Waals surface area contributed by atoms with Crippen molar-refractivity contribution in [3.8, 4) is 0 Å². The molecule has 13 heavy (non-hydrogen) atoms. The van der Waals surface area contributed by atoms with E-state index in [9.17, 15) is 5.11 Å². The van der Waals surface area contributed by atoms with Gasteiger partial charge in [0.2, 0.25) is 0 Å². The first-order chi connectivity index (χ1) is 6.12. The van der Waals surface area contributed by atoms with Crippen molar-refractivity contribution >= 4 is 0 Å². The first-order valence-corrected chi connectivity index (χ1v) is 5.06. The molecule has 0 saturated heterocycles. The number of hydrogen-bond donors (Lipinski definition) is 1. The van der Waals surface area contributed by atoms with Gasteiger partial charge in [-0.1, -0.05) is 25.8 Å². The summed E-state index contributed by atoms with van der Waals surface area (Å²) in [7, 11) is 0. The van der Waals surface area contributed by atoms with Crippen LogP contribution in [-0.4, -0.2) is 23.9 Å². The number of aliphatic hydroxyl groups is 1. The highest BCUT2D eigenvalue weighted by molar-refractivity contribution is 4.91. The third-order valence-electron chi connectivity index (χ3n) is 2.08. The van der Waals surface area contributed by atoms with Gasteiger partial charge >= 0.3 is 0 Å². The zero-order valence-corrected chi connectivity index (χ0v) is 8.88. The van der Waals surface area contributed by atoms with E-state index in [2.05, 4.69) is 13.5 Å². The van der Waals surface area contributed by atoms with Gasteiger partial charge in [0.15, 0.2) is 0 Å². The zero-order chi connectivity index (χ0) is 10.2. The van der Waals surface area contributed by atoms with Crippen molar-refractivity contribution in [2.45, 2.75) is 45.1 Å². The molecule has 0 aliphatic heterocycles. The molecule has 0 amide bonds. The highest BCUT2D eigenvalue weighted by Crippen LogP contribution is 2.09. The molecule has 0 rings (SSSR count). The Morgan fingerprint density at radius 2 is 2.08 bits per heavy atom. The summed E-state index contributed by atoms with van der Waals surface area (Å²) >= 11 is 0. The summed E-state index contributed by atoms with van der Waals surface area (Å²) in [5.41, 5.74) is -0.773. The fraction of sp³-hybridized carbons (Fsp3) is 0.818. The van der Waals surface area contributed by atoms with Crippen molar-refractivity contribution in [3.05, 3.63) is 12.7 Å². The molecule has 0 spiro atoms. The molecule has 0 bridgehead atoms. The topological polar surface area (TPSA) is 29.5 Å². The van der Waals surface area contributed by atoms with Gasteiger partial charge in [0, 0.05) is 19.6 Å². The average molecular weight is 186 g/mol. The minimum absolute atomic E-state index is 0.614. The Labute approximate surface area is 81.6 Å². The number of unbranched alkanes of at least 4 members (excludes halogenated alkanes) is 2. The second-order valence-corrected chi connectivity index (χ2v) is 3.63. The van der Waals surface area contributed by atoms with Crippen LogP contribution in [0.2, 0.25) is 0 Å². The summed E-state index contributed by atoms with van der Waals surface area (Å²) in [5.74, 6) is 0. The van der Waals surface area contributed by atoms with Crippen molar-refractivity contribution in [2.24, 2.45) is 0 Å². The molecule has 0 aromatic heterocycles. The lowest BCUT2D eigenvalue weighted by Crippen LogP contribution is -2.22. The minimum atomic E-state index is -0.773. The molecule has 0 aromatic rings. The van der Waals surface area contributed by atoms with Crippen molar-refractivity contribution in [1.82, 2.24) is 0 Å². The van der Waals surface area contributed by atoms with Gasteiger partial charge in [-0.15, -0.1) is 6.58 Å². The SMILES string of the molecule is C=CC(C)(O)CCOCCCCC. The Kier molecular flexibility index (Phi) is 6.92. The van der Waals surface area contributed by atoms with E-state index >= 15 is 0 Å². The van der Waals surface area contributed by atoms with Crippen LogP contribution in [0.25, 0.3) is 0 Å². The Hall–Kier alpha value is -0.340. The van der Waals surface area contributed by atoms with Crippen LogP contribution in [0, 0.1) is 0 Å². The number of hydrogen-bond acceptors (Lipinski definition) is 2. The smallest absolute Gasteiger partial charge is 0.0819 e. The zero-order valence-electron chi connectivity index (χ0n) is 8.88. The van der Waals surface area contributed by atoms with Gasteiger partial charge in [-0.25, -0.2) is 0 Å². The number of ether oxygens (including phenoxy) is 1. The van der Waals surface area contributed by atoms with E-state index in [0.29, 0.717) is 13.0 Å². The maximum absolute atomic E-state index is 9.53. The molecule has 1 unspecified atom stereocenters. The van der Waals surface area contributed by atoms with Gasteiger partial charge < -0.3 is 9.84 Å². The first kappa shape index (κ1) is 12.7. The average Bonchev–Trinajstić information content (AvgIpc) is 2.11. The maximum atomic E-state index is 9.53. The van der Waals surface area contributed by atoms with Gasteiger partial charge in [-0.05, 0) is 13.3 Å². The van der Waals surface area contributed by atoms with Crippen LogP contribution in [0.3, 0.4) is 0 Å². The lowest BCUT2D eigenvalue weighted by Gasteiger charge is -2.17. The monoisotopic (exact) mass is 186 g/mol. The maximum Gasteiger partial charge on any atom is 0.0819 e. The summed E-state index contributed by atoms with van der Waals surface area (Å²) in [4.78, 5) is 0. The molecular formula is C11H22O2. The van der Waals surface area contributed by atoms with E-state index < -0.39 is 5.60 Å². The summed E-state index contributed by atoms with van der Waals surface area (Å²) < 4.78 is 5.37. The van der Waals surface area contributed by atoms with Gasteiger partial charge in [-0.3, -0.25) is 0 Å². The quantitative estimate of drug-likeness (QED) is 0.466. The second kappa shape index (κ2) is 7.10. The molecule has 0 radical (unpaired) electrons. The van der Waals surface area contributed by atoms with Crippen LogP contribution in [0.15, 0.2) is 12.7 Å². The molecule has 0 saturated carbocycles. The summed E-state index contributed by atoms with van der Waals surface area (Å²) in [6, 6.07) is 0. The third-order valence-corrected chi connectivity index (χ3v) is 2.08. The molecule has 0 aliphatic carbocycles. The Morgan fingerprint density at radius 1 is 1.38 bits per heavy atom. The minimum Gasteiger partial charge on any atom is -0.386 e. The van der Waals surface area contributed by atoms with Crippen LogP contribution in [0.5, 0.6) is 0 Å². The van der Waals surface area contributed by atoms with Crippen LogP contribution in [0.1, 0.15) is 39.5 Å². The van der Waals surface area contributed by atoms with Gasteiger partial charge in [0.25, 0.3) is 0 Å². The van der Waals surface area contributed by atoms with Gasteiger partial charge in [0.1, 0.15) is 0 Å². The van der Waals surface area contributed by atoms with Crippen molar-refractivity contribution in [1.29, 1.82) is 0 Å². The predicted molar refractivity (Wildman–Crippen MR) is 55.8 cm³/mol. The fourth-order valence-electron chi connectivity index (χ4n) is 0.937. The third kappa shape index (κ3) is 8.00. The molecule has 1 N–H and O–H groups in total. The fourth-order valence-corrected chi connectivity index (χ4v) is 0.937. The molecule has 1 atom stereocenters. The van der Waals surface area contributed by atoms with E-state index in [1.807, 2.05) is 0 Å². The molecular weight excluding hydrogens is 164 g/mol. The van der Waals surface area contributed by atoms with Crippen LogP contribution in [0.4, 0.5) is 0 Å². The summed E-state index contributed by atoms with van der Waals surface area (Å²) in [5, 5.41) is 9.53. The van der Waals surface area contributed by atoms with Crippen LogP contribution < -0.4 is 0 Å². The predicted octanol–water partition coefficient (Wildman–Crippen LogP) is 2.52. The molecule has 0 aromatic carbocycles. The molecule has 2 heteroatoms. The largest absolute Gasteiger partial charge is 0.386 e. The molecule has 0 heterocycles. The Morgan fingerprint density at radius 3 is 2.62 bits per heavy atom. The van der Waals surface area contributed by atoms with E-state index in [4.69, 9.17) is 4.74 Å². The van der Waals surface area contributed by atoms with E-state index in [1.54, 1.807) is 13.0 Å². The lowest BCUT2D eigenvalue weighted by atomic mass is 10.0. The molecule has 78 valence electrons. The Bertz CT molecular complexity index is 130. The van der Waals surface area contributed by atoms with Gasteiger partial charge in [-0.2, -0.15) is 0 Å². The van der Waals surface area contributed by atoms with Crippen molar-refractivity contribution in [3.63, 3.8) is 0 Å². The van der Waals surface area contributed by atoms with Crippen LogP contribution in [-0.2, 0) is 4.74 Å². The molecule has 2 nitrogen and oxygen atoms in total. The highest BCUT2D eigenvalue weighted by atomic mass is 16.5. The first-order valence-electron chi connectivity index (χ1n) is 5.06. The standard InChI is InChI=1S/C11H22O2/c1-4-6-7-9-13-10-8-11(3,12)5-2/h5,12H,2,4,6-10H2,1,3H3. The molecule has 0 aliphatic rings. The normalized spacial score (nSPS) is 15.3. The highest BCUT2D eigenvalue weighted by Gasteiger charge is 2.13.